The molecule has 1 aromatic heterocycles. The molecule has 0 saturated carbocycles. The van der Waals surface area contributed by atoms with Gasteiger partial charge >= 0.3 is 0 Å². The number of carbonyl (C=O) groups is 1. The van der Waals surface area contributed by atoms with Gasteiger partial charge < -0.3 is 11.1 Å². The van der Waals surface area contributed by atoms with Crippen LogP contribution in [0.2, 0.25) is 0 Å². The van der Waals surface area contributed by atoms with Gasteiger partial charge in [-0.05, 0) is 17.7 Å². The van der Waals surface area contributed by atoms with Crippen molar-refractivity contribution in [3.05, 3.63) is 52.0 Å². The Bertz CT molecular complexity index is 496. The van der Waals surface area contributed by atoms with Gasteiger partial charge in [-0.25, -0.2) is 4.98 Å². The predicted octanol–water partition coefficient (Wildman–Crippen LogP) is 1.53. The van der Waals surface area contributed by atoms with Gasteiger partial charge in [-0.3, -0.25) is 4.79 Å². The average molecular weight is 247 g/mol. The van der Waals surface area contributed by atoms with Crippen LogP contribution in [0.3, 0.4) is 0 Å². The fourth-order valence-electron chi connectivity index (χ4n) is 1.49. The average Bonchev–Trinajstić information content (AvgIpc) is 2.82. The Kier molecular flexibility index (Phi) is 3.85. The number of thiazole rings is 1. The summed E-state index contributed by atoms with van der Waals surface area (Å²) in [4.78, 5) is 15.2. The highest BCUT2D eigenvalue weighted by Gasteiger charge is 2.01. The number of nitrogens with zero attached hydrogens (tertiary/aromatic N) is 1. The summed E-state index contributed by atoms with van der Waals surface area (Å²) in [7, 11) is 0. The maximum absolute atomic E-state index is 11.0. The molecule has 0 saturated heterocycles. The number of rotatable bonds is 5. The maximum atomic E-state index is 11.0. The molecule has 0 fully saturated rings. The monoisotopic (exact) mass is 247 g/mol. The molecule has 1 aromatic carbocycles. The minimum Gasteiger partial charge on any atom is -0.366 e. The summed E-state index contributed by atoms with van der Waals surface area (Å²) in [5.74, 6) is -0.397. The van der Waals surface area contributed by atoms with Crippen LogP contribution >= 0.6 is 11.3 Å². The van der Waals surface area contributed by atoms with Gasteiger partial charge in [0.25, 0.3) is 0 Å². The number of aromatic nitrogens is 1. The molecule has 0 spiro atoms. The lowest BCUT2D eigenvalue weighted by Gasteiger charge is -2.04. The van der Waals surface area contributed by atoms with Crippen LogP contribution in [0, 0.1) is 0 Å². The molecule has 0 aliphatic rings. The maximum Gasteiger partial charge on any atom is 0.248 e. The summed E-state index contributed by atoms with van der Waals surface area (Å²) in [6.45, 7) is 1.43. The molecule has 3 N–H and O–H groups in total. The van der Waals surface area contributed by atoms with E-state index in [0.717, 1.165) is 17.1 Å². The number of benzene rings is 1. The SMILES string of the molecule is NC(=O)c1cccc(CNCc2nccs2)c1. The van der Waals surface area contributed by atoms with Crippen LogP contribution in [0.5, 0.6) is 0 Å². The van der Waals surface area contributed by atoms with Crippen molar-refractivity contribution in [3.63, 3.8) is 0 Å². The van der Waals surface area contributed by atoms with Crippen LogP contribution in [0.1, 0.15) is 20.9 Å². The molecule has 2 rings (SSSR count). The van der Waals surface area contributed by atoms with E-state index in [1.165, 1.54) is 0 Å². The Hall–Kier alpha value is -1.72. The van der Waals surface area contributed by atoms with Crippen LogP contribution in [-0.4, -0.2) is 10.9 Å². The third-order valence-corrected chi connectivity index (χ3v) is 3.08. The third kappa shape index (κ3) is 3.37. The van der Waals surface area contributed by atoms with E-state index in [2.05, 4.69) is 10.3 Å². The molecule has 4 nitrogen and oxygen atoms in total. The molecule has 0 radical (unpaired) electrons. The topological polar surface area (TPSA) is 68.0 Å². The van der Waals surface area contributed by atoms with Gasteiger partial charge in [0.1, 0.15) is 5.01 Å². The van der Waals surface area contributed by atoms with Crippen LogP contribution in [0.25, 0.3) is 0 Å². The standard InChI is InChI=1S/C12H13N3OS/c13-12(16)10-3-1-2-9(6-10)7-14-8-11-15-4-5-17-11/h1-6,14H,7-8H2,(H2,13,16). The quantitative estimate of drug-likeness (QED) is 0.842. The van der Waals surface area contributed by atoms with E-state index in [-0.39, 0.29) is 0 Å². The second-order valence-electron chi connectivity index (χ2n) is 3.59. The Morgan fingerprint density at radius 2 is 2.29 bits per heavy atom. The fourth-order valence-corrected chi connectivity index (χ4v) is 2.07. The molecular formula is C12H13N3OS. The smallest absolute Gasteiger partial charge is 0.248 e. The molecule has 88 valence electrons. The number of primary amides is 1. The second-order valence-corrected chi connectivity index (χ2v) is 4.57. The Morgan fingerprint density at radius 3 is 3.00 bits per heavy atom. The fraction of sp³-hybridized carbons (Fsp3) is 0.167. The minimum absolute atomic E-state index is 0.397. The van der Waals surface area contributed by atoms with Gasteiger partial charge in [0.05, 0.1) is 0 Å². The number of carbonyl (C=O) groups excluding carboxylic acids is 1. The van der Waals surface area contributed by atoms with E-state index >= 15 is 0 Å². The molecule has 5 heteroatoms. The van der Waals surface area contributed by atoms with Crippen LogP contribution in [0.4, 0.5) is 0 Å². The first kappa shape index (κ1) is 11.8. The summed E-state index contributed by atoms with van der Waals surface area (Å²) >= 11 is 1.62. The van der Waals surface area contributed by atoms with Crippen molar-refractivity contribution in [2.75, 3.05) is 0 Å². The molecule has 0 bridgehead atoms. The Balaban J connectivity index is 1.90. The van der Waals surface area contributed by atoms with Crippen molar-refractivity contribution in [2.45, 2.75) is 13.1 Å². The van der Waals surface area contributed by atoms with Crippen molar-refractivity contribution < 1.29 is 4.79 Å². The van der Waals surface area contributed by atoms with Crippen LogP contribution in [-0.2, 0) is 13.1 Å². The normalized spacial score (nSPS) is 10.4. The molecule has 1 amide bonds. The highest BCUT2D eigenvalue weighted by Crippen LogP contribution is 2.06. The zero-order chi connectivity index (χ0) is 12.1. The highest BCUT2D eigenvalue weighted by molar-refractivity contribution is 7.09. The summed E-state index contributed by atoms with van der Waals surface area (Å²) in [5.41, 5.74) is 6.80. The van der Waals surface area contributed by atoms with Crippen LogP contribution in [0.15, 0.2) is 35.8 Å². The lowest BCUT2D eigenvalue weighted by molar-refractivity contribution is 0.1000. The van der Waals surface area contributed by atoms with E-state index < -0.39 is 5.91 Å². The van der Waals surface area contributed by atoms with Crippen LogP contribution < -0.4 is 11.1 Å². The van der Waals surface area contributed by atoms with Gasteiger partial charge in [-0.15, -0.1) is 11.3 Å². The van der Waals surface area contributed by atoms with E-state index in [0.29, 0.717) is 12.1 Å². The first-order valence-electron chi connectivity index (χ1n) is 5.23. The number of hydrogen-bond donors (Lipinski definition) is 2. The number of amides is 1. The van der Waals surface area contributed by atoms with Gasteiger partial charge in [0.15, 0.2) is 0 Å². The van der Waals surface area contributed by atoms with E-state index in [1.807, 2.05) is 17.5 Å². The summed E-state index contributed by atoms with van der Waals surface area (Å²) in [6, 6.07) is 7.31. The second kappa shape index (κ2) is 5.56. The lowest BCUT2D eigenvalue weighted by atomic mass is 10.1. The molecule has 0 aliphatic carbocycles. The summed E-state index contributed by atoms with van der Waals surface area (Å²) < 4.78 is 0. The van der Waals surface area contributed by atoms with Crippen molar-refractivity contribution in [3.8, 4) is 0 Å². The summed E-state index contributed by atoms with van der Waals surface area (Å²) in [6.07, 6.45) is 1.79. The largest absolute Gasteiger partial charge is 0.366 e. The molecule has 17 heavy (non-hydrogen) atoms. The van der Waals surface area contributed by atoms with E-state index in [4.69, 9.17) is 5.73 Å². The van der Waals surface area contributed by atoms with Gasteiger partial charge in [-0.2, -0.15) is 0 Å². The molecule has 2 aromatic rings. The highest BCUT2D eigenvalue weighted by atomic mass is 32.1. The Morgan fingerprint density at radius 1 is 1.41 bits per heavy atom. The molecule has 0 unspecified atom stereocenters. The van der Waals surface area contributed by atoms with Crippen molar-refractivity contribution in [2.24, 2.45) is 5.73 Å². The van der Waals surface area contributed by atoms with Crippen molar-refractivity contribution in [1.82, 2.24) is 10.3 Å². The predicted molar refractivity (Wildman–Crippen MR) is 67.6 cm³/mol. The van der Waals surface area contributed by atoms with Gasteiger partial charge in [-0.1, -0.05) is 12.1 Å². The minimum atomic E-state index is -0.397. The number of hydrogen-bond acceptors (Lipinski definition) is 4. The summed E-state index contributed by atoms with van der Waals surface area (Å²) in [5, 5.41) is 6.27. The molecule has 0 atom stereocenters. The molecular weight excluding hydrogens is 234 g/mol. The number of nitrogens with two attached hydrogens (primary N) is 1. The first-order chi connectivity index (χ1) is 8.25. The zero-order valence-corrected chi connectivity index (χ0v) is 10.0. The van der Waals surface area contributed by atoms with Crippen molar-refractivity contribution in [1.29, 1.82) is 0 Å². The lowest BCUT2D eigenvalue weighted by Crippen LogP contribution is -2.14. The first-order valence-corrected chi connectivity index (χ1v) is 6.11. The zero-order valence-electron chi connectivity index (χ0n) is 9.22. The van der Waals surface area contributed by atoms with E-state index in [1.54, 1.807) is 29.7 Å². The number of nitrogens with one attached hydrogen (secondary N) is 1. The van der Waals surface area contributed by atoms with E-state index in [9.17, 15) is 4.79 Å². The van der Waals surface area contributed by atoms with Gasteiger partial charge in [0.2, 0.25) is 5.91 Å². The third-order valence-electron chi connectivity index (χ3n) is 2.30. The van der Waals surface area contributed by atoms with Crippen molar-refractivity contribution >= 4 is 17.2 Å². The molecule has 0 aliphatic heterocycles. The van der Waals surface area contributed by atoms with Gasteiger partial charge in [0, 0.05) is 30.2 Å². The Labute approximate surface area is 103 Å². The molecule has 1 heterocycles.